The van der Waals surface area contributed by atoms with E-state index < -0.39 is 22.9 Å². The van der Waals surface area contributed by atoms with Crippen LogP contribution in [-0.4, -0.2) is 33.8 Å². The summed E-state index contributed by atoms with van der Waals surface area (Å²) in [6.45, 7) is 3.58. The number of nitrogens with one attached hydrogen (secondary N) is 1. The first kappa shape index (κ1) is 23.5. The Morgan fingerprint density at radius 3 is 2.55 bits per heavy atom. The molecule has 1 aliphatic heterocycles. The summed E-state index contributed by atoms with van der Waals surface area (Å²) in [6.07, 6.45) is -1.38. The van der Waals surface area contributed by atoms with E-state index in [1.165, 1.54) is 18.2 Å². The molecular weight excluding hydrogens is 447 g/mol. The number of aryl methyl sites for hydroxylation is 2. The number of allylic oxidation sites excluding steroid dienone is 1. The summed E-state index contributed by atoms with van der Waals surface area (Å²) in [7, 11) is -0.863. The minimum atomic E-state index is -4.47. The van der Waals surface area contributed by atoms with E-state index in [9.17, 15) is 22.2 Å². The zero-order valence-electron chi connectivity index (χ0n) is 17.1. The molecule has 0 spiro atoms. The van der Waals surface area contributed by atoms with Crippen molar-refractivity contribution in [2.24, 2.45) is 0 Å². The normalized spacial score (nSPS) is 19.8. The molecule has 1 N–H and O–H groups in total. The first-order valence-electron chi connectivity index (χ1n) is 9.87. The molecule has 1 saturated heterocycles. The van der Waals surface area contributed by atoms with E-state index in [4.69, 9.17) is 11.6 Å². The summed E-state index contributed by atoms with van der Waals surface area (Å²) >= 11 is 5.96. The van der Waals surface area contributed by atoms with Gasteiger partial charge in [0, 0.05) is 32.9 Å². The second kappa shape index (κ2) is 9.57. The predicted octanol–water partition coefficient (Wildman–Crippen LogP) is 5.43. The van der Waals surface area contributed by atoms with Crippen LogP contribution >= 0.6 is 11.6 Å². The Balaban J connectivity index is 1.84. The van der Waals surface area contributed by atoms with E-state index >= 15 is 0 Å². The largest absolute Gasteiger partial charge is 0.399 e. The van der Waals surface area contributed by atoms with Gasteiger partial charge in [0.05, 0.1) is 12.0 Å². The topological polar surface area (TPSA) is 46.2 Å². The maximum atomic E-state index is 13.7. The standard InChI is InChI=1S/C23H23ClF3NO2S/c1-3-16-10-15(4-6-20(16)22(29)28-19-12-31(30)13-19)5-7-21(23(25,26)27)17-8-14(2)9-18(24)11-17/h4-11,19,21H,3,12-13H2,1-2H3,(H,28,29)/b7-5+. The Morgan fingerprint density at radius 2 is 1.97 bits per heavy atom. The van der Waals surface area contributed by atoms with Gasteiger partial charge < -0.3 is 5.32 Å². The number of rotatable bonds is 6. The van der Waals surface area contributed by atoms with Crippen LogP contribution in [0.25, 0.3) is 6.08 Å². The fraction of sp³-hybridized carbons (Fsp3) is 0.348. The predicted molar refractivity (Wildman–Crippen MR) is 119 cm³/mol. The van der Waals surface area contributed by atoms with Gasteiger partial charge in [-0.25, -0.2) is 0 Å². The van der Waals surface area contributed by atoms with Crippen molar-refractivity contribution in [1.82, 2.24) is 5.32 Å². The van der Waals surface area contributed by atoms with Gasteiger partial charge in [0.25, 0.3) is 5.91 Å². The summed E-state index contributed by atoms with van der Waals surface area (Å²) in [5.74, 6) is -1.14. The highest BCUT2D eigenvalue weighted by Gasteiger charge is 2.39. The van der Waals surface area contributed by atoms with Gasteiger partial charge in [-0.3, -0.25) is 9.00 Å². The Hall–Kier alpha value is -2.12. The Kier molecular flexibility index (Phi) is 7.27. The van der Waals surface area contributed by atoms with Gasteiger partial charge in [-0.15, -0.1) is 0 Å². The number of halogens is 4. The average Bonchev–Trinajstić information content (AvgIpc) is 2.64. The SMILES string of the molecule is CCc1cc(/C=C/C(c2cc(C)cc(Cl)c2)C(F)(F)F)ccc1C(=O)NC1CS(=O)C1. The molecule has 1 heterocycles. The van der Waals surface area contributed by atoms with Gasteiger partial charge in [0.15, 0.2) is 0 Å². The quantitative estimate of drug-likeness (QED) is 0.613. The van der Waals surface area contributed by atoms with Gasteiger partial charge in [-0.05, 0) is 53.8 Å². The number of hydrogen-bond acceptors (Lipinski definition) is 2. The Morgan fingerprint density at radius 1 is 1.26 bits per heavy atom. The molecule has 1 atom stereocenters. The minimum Gasteiger partial charge on any atom is -0.347 e. The summed E-state index contributed by atoms with van der Waals surface area (Å²) in [5.41, 5.74) is 2.53. The van der Waals surface area contributed by atoms with Crippen LogP contribution in [0.4, 0.5) is 13.2 Å². The molecular formula is C23H23ClF3NO2S. The maximum Gasteiger partial charge on any atom is 0.399 e. The van der Waals surface area contributed by atoms with E-state index in [0.717, 1.165) is 11.6 Å². The van der Waals surface area contributed by atoms with Crippen molar-refractivity contribution in [2.45, 2.75) is 38.4 Å². The van der Waals surface area contributed by atoms with Crippen LogP contribution in [0.5, 0.6) is 0 Å². The summed E-state index contributed by atoms with van der Waals surface area (Å²) in [5, 5.41) is 3.11. The highest BCUT2D eigenvalue weighted by atomic mass is 35.5. The molecule has 0 saturated carbocycles. The molecule has 3 rings (SSSR count). The lowest BCUT2D eigenvalue weighted by Crippen LogP contribution is -2.50. The molecule has 31 heavy (non-hydrogen) atoms. The van der Waals surface area contributed by atoms with E-state index in [0.29, 0.717) is 34.6 Å². The lowest BCUT2D eigenvalue weighted by atomic mass is 9.94. The molecule has 0 radical (unpaired) electrons. The van der Waals surface area contributed by atoms with Gasteiger partial charge in [-0.2, -0.15) is 13.2 Å². The van der Waals surface area contributed by atoms with Crippen LogP contribution in [-0.2, 0) is 17.2 Å². The molecule has 1 aliphatic rings. The lowest BCUT2D eigenvalue weighted by molar-refractivity contribution is -0.139. The van der Waals surface area contributed by atoms with Crippen molar-refractivity contribution in [3.63, 3.8) is 0 Å². The fourth-order valence-electron chi connectivity index (χ4n) is 3.54. The average molecular weight is 470 g/mol. The number of carbonyl (C=O) groups excluding carboxylic acids is 1. The maximum absolute atomic E-state index is 13.7. The third kappa shape index (κ3) is 5.98. The van der Waals surface area contributed by atoms with E-state index in [1.807, 2.05) is 6.92 Å². The van der Waals surface area contributed by atoms with Gasteiger partial charge in [0.1, 0.15) is 0 Å². The molecule has 2 aromatic rings. The summed E-state index contributed by atoms with van der Waals surface area (Å²) < 4.78 is 52.3. The van der Waals surface area contributed by atoms with Crippen molar-refractivity contribution in [1.29, 1.82) is 0 Å². The number of alkyl halides is 3. The zero-order valence-corrected chi connectivity index (χ0v) is 18.7. The molecule has 0 aromatic heterocycles. The highest BCUT2D eigenvalue weighted by molar-refractivity contribution is 7.86. The third-order valence-electron chi connectivity index (χ3n) is 5.12. The Labute approximate surface area is 187 Å². The number of hydrogen-bond donors (Lipinski definition) is 1. The number of amides is 1. The Bertz CT molecular complexity index is 1010. The molecule has 1 amide bonds. The van der Waals surface area contributed by atoms with Crippen LogP contribution in [0, 0.1) is 6.92 Å². The number of carbonyl (C=O) groups is 1. The first-order chi connectivity index (χ1) is 14.6. The summed E-state index contributed by atoms with van der Waals surface area (Å²) in [6, 6.07) is 9.30. The van der Waals surface area contributed by atoms with Crippen molar-refractivity contribution in [2.75, 3.05) is 11.5 Å². The van der Waals surface area contributed by atoms with Crippen LogP contribution in [0.1, 0.15) is 45.5 Å². The molecule has 1 unspecified atom stereocenters. The molecule has 0 bridgehead atoms. The smallest absolute Gasteiger partial charge is 0.347 e. The van der Waals surface area contributed by atoms with E-state index in [1.54, 1.807) is 31.2 Å². The minimum absolute atomic E-state index is 0.0818. The summed E-state index contributed by atoms with van der Waals surface area (Å²) in [4.78, 5) is 12.5. The second-order valence-corrected chi connectivity index (χ2v) is 9.64. The van der Waals surface area contributed by atoms with Crippen LogP contribution in [0.3, 0.4) is 0 Å². The molecule has 1 fully saturated rings. The van der Waals surface area contributed by atoms with Crippen molar-refractivity contribution in [3.8, 4) is 0 Å². The van der Waals surface area contributed by atoms with Crippen LogP contribution in [0.15, 0.2) is 42.5 Å². The number of benzene rings is 2. The van der Waals surface area contributed by atoms with Gasteiger partial charge in [-0.1, -0.05) is 48.9 Å². The van der Waals surface area contributed by atoms with E-state index in [2.05, 4.69) is 5.32 Å². The molecule has 0 aliphatic carbocycles. The molecule has 2 aromatic carbocycles. The molecule has 166 valence electrons. The zero-order chi connectivity index (χ0) is 22.8. The van der Waals surface area contributed by atoms with Gasteiger partial charge >= 0.3 is 6.18 Å². The van der Waals surface area contributed by atoms with Crippen molar-refractivity contribution < 1.29 is 22.2 Å². The van der Waals surface area contributed by atoms with Crippen molar-refractivity contribution >= 4 is 34.4 Å². The van der Waals surface area contributed by atoms with Crippen LogP contribution in [0.2, 0.25) is 5.02 Å². The molecule has 3 nitrogen and oxygen atoms in total. The second-order valence-electron chi connectivity index (χ2n) is 7.65. The molecule has 8 heteroatoms. The lowest BCUT2D eigenvalue weighted by Gasteiger charge is -2.26. The van der Waals surface area contributed by atoms with Gasteiger partial charge in [0.2, 0.25) is 0 Å². The third-order valence-corrected chi connectivity index (χ3v) is 6.89. The fourth-order valence-corrected chi connectivity index (χ4v) is 4.80. The van der Waals surface area contributed by atoms with Crippen molar-refractivity contribution in [3.05, 3.63) is 75.3 Å². The van der Waals surface area contributed by atoms with E-state index in [-0.39, 0.29) is 22.5 Å². The highest BCUT2D eigenvalue weighted by Crippen LogP contribution is 2.37. The first-order valence-corrected chi connectivity index (χ1v) is 11.7. The monoisotopic (exact) mass is 469 g/mol. The van der Waals surface area contributed by atoms with Crippen LogP contribution < -0.4 is 5.32 Å².